The van der Waals surface area contributed by atoms with Gasteiger partial charge in [0.15, 0.2) is 17.5 Å². The second kappa shape index (κ2) is 8.81. The van der Waals surface area contributed by atoms with Gasteiger partial charge < -0.3 is 0 Å². The van der Waals surface area contributed by atoms with Crippen molar-refractivity contribution in [2.45, 2.75) is 44.9 Å². The molecular formula is C26H23F5. The van der Waals surface area contributed by atoms with Crippen LogP contribution in [-0.4, -0.2) is 0 Å². The molecule has 3 aromatic carbocycles. The zero-order valence-corrected chi connectivity index (χ0v) is 17.2. The summed E-state index contributed by atoms with van der Waals surface area (Å²) in [4.78, 5) is 0. The van der Waals surface area contributed by atoms with Crippen LogP contribution in [0.5, 0.6) is 0 Å². The van der Waals surface area contributed by atoms with Gasteiger partial charge >= 0.3 is 0 Å². The number of benzene rings is 3. The van der Waals surface area contributed by atoms with Crippen LogP contribution in [0.3, 0.4) is 0 Å². The quantitative estimate of drug-likeness (QED) is 0.288. The van der Waals surface area contributed by atoms with Gasteiger partial charge in [0.2, 0.25) is 0 Å². The molecule has 0 unspecified atom stereocenters. The average molecular weight is 430 g/mol. The fraction of sp³-hybridized carbons (Fsp3) is 0.308. The first-order chi connectivity index (χ1) is 14.9. The lowest BCUT2D eigenvalue weighted by atomic mass is 9.77. The van der Waals surface area contributed by atoms with Gasteiger partial charge in [0.05, 0.1) is 0 Å². The van der Waals surface area contributed by atoms with Crippen molar-refractivity contribution < 1.29 is 22.0 Å². The van der Waals surface area contributed by atoms with Crippen molar-refractivity contribution in [1.82, 2.24) is 0 Å². The SMILES string of the molecule is CCC1CCC(c2ccc(-c3ccc(-c4cc(F)c(F)c(F)c4)c(F)c3)c(F)c2)CC1. The van der Waals surface area contributed by atoms with Crippen LogP contribution in [-0.2, 0) is 0 Å². The maximum Gasteiger partial charge on any atom is 0.194 e. The van der Waals surface area contributed by atoms with Crippen LogP contribution in [0, 0.1) is 35.0 Å². The lowest BCUT2D eigenvalue weighted by Gasteiger charge is -2.28. The summed E-state index contributed by atoms with van der Waals surface area (Å²) in [5.74, 6) is -4.50. The lowest BCUT2D eigenvalue weighted by molar-refractivity contribution is 0.318. The van der Waals surface area contributed by atoms with Gasteiger partial charge in [-0.3, -0.25) is 0 Å². The number of rotatable bonds is 4. The molecule has 1 fully saturated rings. The largest absolute Gasteiger partial charge is 0.206 e. The Balaban J connectivity index is 1.60. The minimum absolute atomic E-state index is 0.0914. The van der Waals surface area contributed by atoms with Gasteiger partial charge in [0.25, 0.3) is 0 Å². The van der Waals surface area contributed by atoms with Crippen LogP contribution in [0.1, 0.15) is 50.5 Å². The highest BCUT2D eigenvalue weighted by atomic mass is 19.2. The van der Waals surface area contributed by atoms with Gasteiger partial charge in [-0.15, -0.1) is 0 Å². The molecule has 1 saturated carbocycles. The molecule has 0 saturated heterocycles. The molecule has 0 bridgehead atoms. The zero-order valence-electron chi connectivity index (χ0n) is 17.2. The third kappa shape index (κ3) is 4.36. The van der Waals surface area contributed by atoms with Crippen molar-refractivity contribution in [3.63, 3.8) is 0 Å². The fourth-order valence-electron chi connectivity index (χ4n) is 4.55. The van der Waals surface area contributed by atoms with Crippen LogP contribution in [0.2, 0.25) is 0 Å². The molecule has 0 atom stereocenters. The topological polar surface area (TPSA) is 0 Å². The highest BCUT2D eigenvalue weighted by Crippen LogP contribution is 2.38. The minimum atomic E-state index is -1.61. The van der Waals surface area contributed by atoms with Gasteiger partial charge in [-0.1, -0.05) is 37.6 Å². The molecule has 1 aliphatic rings. The van der Waals surface area contributed by atoms with E-state index in [2.05, 4.69) is 6.92 Å². The Bertz CT molecular complexity index is 1070. The smallest absolute Gasteiger partial charge is 0.194 e. The molecule has 0 aromatic heterocycles. The summed E-state index contributed by atoms with van der Waals surface area (Å²) in [6.45, 7) is 2.20. The molecule has 31 heavy (non-hydrogen) atoms. The summed E-state index contributed by atoms with van der Waals surface area (Å²) in [5, 5.41) is 0. The molecule has 1 aliphatic carbocycles. The first-order valence-electron chi connectivity index (χ1n) is 10.6. The van der Waals surface area contributed by atoms with Gasteiger partial charge in [-0.05, 0) is 78.5 Å². The van der Waals surface area contributed by atoms with Gasteiger partial charge in [0.1, 0.15) is 11.6 Å². The van der Waals surface area contributed by atoms with E-state index in [9.17, 15) is 22.0 Å². The molecular weight excluding hydrogens is 407 g/mol. The van der Waals surface area contributed by atoms with E-state index in [1.165, 1.54) is 24.6 Å². The van der Waals surface area contributed by atoms with Gasteiger partial charge in [0, 0.05) is 11.1 Å². The van der Waals surface area contributed by atoms with Gasteiger partial charge in [-0.25, -0.2) is 22.0 Å². The van der Waals surface area contributed by atoms with Crippen molar-refractivity contribution in [3.8, 4) is 22.3 Å². The van der Waals surface area contributed by atoms with E-state index in [-0.39, 0.29) is 16.7 Å². The normalized spacial score (nSPS) is 18.9. The Morgan fingerprint density at radius 3 is 1.77 bits per heavy atom. The predicted molar refractivity (Wildman–Crippen MR) is 112 cm³/mol. The summed E-state index contributed by atoms with van der Waals surface area (Å²) in [5.41, 5.74) is 1.33. The van der Waals surface area contributed by atoms with Crippen molar-refractivity contribution in [1.29, 1.82) is 0 Å². The van der Waals surface area contributed by atoms with E-state index in [1.54, 1.807) is 6.07 Å². The Morgan fingerprint density at radius 1 is 0.645 bits per heavy atom. The van der Waals surface area contributed by atoms with Crippen molar-refractivity contribution >= 4 is 0 Å². The van der Waals surface area contributed by atoms with Crippen molar-refractivity contribution in [2.75, 3.05) is 0 Å². The molecule has 5 heteroatoms. The van der Waals surface area contributed by atoms with E-state index in [4.69, 9.17) is 0 Å². The molecule has 4 rings (SSSR count). The molecule has 0 N–H and O–H groups in total. The fourth-order valence-corrected chi connectivity index (χ4v) is 4.55. The number of halogens is 5. The first-order valence-corrected chi connectivity index (χ1v) is 10.6. The second-order valence-corrected chi connectivity index (χ2v) is 8.31. The molecule has 0 amide bonds. The predicted octanol–water partition coefficient (Wildman–Crippen LogP) is 8.40. The molecule has 0 heterocycles. The monoisotopic (exact) mass is 430 g/mol. The van der Waals surface area contributed by atoms with Crippen molar-refractivity contribution in [2.24, 2.45) is 5.92 Å². The van der Waals surface area contributed by atoms with E-state index in [0.717, 1.165) is 55.4 Å². The average Bonchev–Trinajstić information content (AvgIpc) is 2.77. The Labute approximate surface area is 178 Å². The van der Waals surface area contributed by atoms with Crippen LogP contribution >= 0.6 is 0 Å². The summed E-state index contributed by atoms with van der Waals surface area (Å²) >= 11 is 0. The van der Waals surface area contributed by atoms with Crippen LogP contribution < -0.4 is 0 Å². The summed E-state index contributed by atoms with van der Waals surface area (Å²) in [6, 6.07) is 10.5. The van der Waals surface area contributed by atoms with Gasteiger partial charge in [-0.2, -0.15) is 0 Å². The van der Waals surface area contributed by atoms with E-state index < -0.39 is 29.1 Å². The summed E-state index contributed by atoms with van der Waals surface area (Å²) < 4.78 is 69.7. The molecule has 162 valence electrons. The van der Waals surface area contributed by atoms with Crippen LogP contribution in [0.4, 0.5) is 22.0 Å². The highest BCUT2D eigenvalue weighted by Gasteiger charge is 2.22. The Kier molecular flexibility index (Phi) is 6.12. The lowest BCUT2D eigenvalue weighted by Crippen LogP contribution is -2.12. The maximum atomic E-state index is 14.9. The number of hydrogen-bond donors (Lipinski definition) is 0. The van der Waals surface area contributed by atoms with E-state index in [1.807, 2.05) is 6.07 Å². The summed E-state index contributed by atoms with van der Waals surface area (Å²) in [6.07, 6.45) is 5.58. The molecule has 0 nitrogen and oxygen atoms in total. The first kappa shape index (κ1) is 21.5. The van der Waals surface area contributed by atoms with Crippen molar-refractivity contribution in [3.05, 3.63) is 83.2 Å². The van der Waals surface area contributed by atoms with E-state index in [0.29, 0.717) is 11.5 Å². The second-order valence-electron chi connectivity index (χ2n) is 8.31. The standard InChI is InChI=1S/C26H23F5/c1-2-15-3-5-16(6-4-15)17-7-9-20(22(27)11-17)18-8-10-21(23(28)12-18)19-13-24(29)26(31)25(30)14-19/h7-16H,2-6H2,1H3. The molecule has 3 aromatic rings. The third-order valence-electron chi connectivity index (χ3n) is 6.46. The highest BCUT2D eigenvalue weighted by molar-refractivity contribution is 5.71. The van der Waals surface area contributed by atoms with E-state index >= 15 is 0 Å². The van der Waals surface area contributed by atoms with Crippen LogP contribution in [0.15, 0.2) is 48.5 Å². The summed E-state index contributed by atoms with van der Waals surface area (Å²) in [7, 11) is 0. The molecule has 0 radical (unpaired) electrons. The molecule has 0 aliphatic heterocycles. The molecule has 0 spiro atoms. The zero-order chi connectivity index (χ0) is 22.1. The maximum absolute atomic E-state index is 14.9. The van der Waals surface area contributed by atoms with Crippen LogP contribution in [0.25, 0.3) is 22.3 Å². The number of hydrogen-bond acceptors (Lipinski definition) is 0. The Hall–Kier alpha value is -2.69. The Morgan fingerprint density at radius 2 is 1.19 bits per heavy atom. The third-order valence-corrected chi connectivity index (χ3v) is 6.46. The minimum Gasteiger partial charge on any atom is -0.206 e.